The molecule has 0 radical (unpaired) electrons. The van der Waals surface area contributed by atoms with Crippen LogP contribution in [-0.2, 0) is 4.79 Å². The molecule has 1 N–H and O–H groups in total. The van der Waals surface area contributed by atoms with Crippen LogP contribution >= 0.6 is 15.9 Å². The zero-order valence-electron chi connectivity index (χ0n) is 20.7. The molecule has 9 nitrogen and oxygen atoms in total. The average molecular weight is 599 g/mol. The monoisotopic (exact) mass is 598 g/mol. The number of nitrogens with zero attached hydrogens (tertiary/aromatic N) is 7. The highest BCUT2D eigenvalue weighted by Gasteiger charge is 2.43. The Morgan fingerprint density at radius 3 is 2.49 bits per heavy atom. The Labute approximate surface area is 230 Å². The molecule has 3 aromatic heterocycles. The van der Waals surface area contributed by atoms with Crippen molar-refractivity contribution in [3.8, 4) is 17.5 Å². The predicted molar refractivity (Wildman–Crippen MR) is 142 cm³/mol. The molecule has 1 aromatic carbocycles. The summed E-state index contributed by atoms with van der Waals surface area (Å²) in [6.45, 7) is 2.61. The molecule has 4 aromatic rings. The molecule has 1 fully saturated rings. The molecular formula is C26H22BrF3N8O. The first-order valence-corrected chi connectivity index (χ1v) is 12.8. The van der Waals surface area contributed by atoms with Gasteiger partial charge in [0.05, 0.1) is 34.2 Å². The number of hydrogen-bond acceptors (Lipinski definition) is 7. The number of piperazine rings is 1. The molecule has 1 atom stereocenters. The average Bonchev–Trinajstić information content (AvgIpc) is 3.38. The molecule has 1 aliphatic rings. The lowest BCUT2D eigenvalue weighted by molar-refractivity contribution is -0.185. The van der Waals surface area contributed by atoms with Crippen LogP contribution in [0.15, 0.2) is 59.5 Å². The molecule has 0 saturated carbocycles. The van der Waals surface area contributed by atoms with E-state index in [9.17, 15) is 23.2 Å². The number of fused-ring (bicyclic) bond motifs is 1. The second-order valence-electron chi connectivity index (χ2n) is 9.00. The lowest BCUT2D eigenvalue weighted by atomic mass is 10.1. The van der Waals surface area contributed by atoms with Crippen LogP contribution in [0.3, 0.4) is 0 Å². The van der Waals surface area contributed by atoms with Crippen molar-refractivity contribution in [1.82, 2.24) is 24.3 Å². The SMILES string of the molecule is C[C@H](Nc1ncc(C#N)c(-c2cnc3c(Br)cccn23)n1)c1ccc(N2CCN(C(=O)C(F)(F)F)CC2)cc1. The number of imidazole rings is 1. The third-order valence-corrected chi connectivity index (χ3v) is 7.17. The van der Waals surface area contributed by atoms with Gasteiger partial charge in [0.1, 0.15) is 11.8 Å². The van der Waals surface area contributed by atoms with E-state index < -0.39 is 12.1 Å². The van der Waals surface area contributed by atoms with Crippen LogP contribution < -0.4 is 10.2 Å². The highest BCUT2D eigenvalue weighted by Crippen LogP contribution is 2.28. The number of pyridine rings is 1. The van der Waals surface area contributed by atoms with Crippen molar-refractivity contribution in [2.45, 2.75) is 19.1 Å². The van der Waals surface area contributed by atoms with Gasteiger partial charge in [-0.25, -0.2) is 15.0 Å². The Morgan fingerprint density at radius 1 is 1.10 bits per heavy atom. The first kappa shape index (κ1) is 26.4. The summed E-state index contributed by atoms with van der Waals surface area (Å²) in [4.78, 5) is 27.6. The van der Waals surface area contributed by atoms with Crippen molar-refractivity contribution in [3.05, 3.63) is 70.6 Å². The highest BCUT2D eigenvalue weighted by atomic mass is 79.9. The second-order valence-corrected chi connectivity index (χ2v) is 9.85. The predicted octanol–water partition coefficient (Wildman–Crippen LogP) is 4.81. The molecule has 0 unspecified atom stereocenters. The fourth-order valence-electron chi connectivity index (χ4n) is 4.48. The van der Waals surface area contributed by atoms with Crippen LogP contribution in [0.4, 0.5) is 24.8 Å². The molecule has 13 heteroatoms. The third kappa shape index (κ3) is 5.37. The van der Waals surface area contributed by atoms with Gasteiger partial charge in [-0.05, 0) is 52.7 Å². The first-order valence-electron chi connectivity index (χ1n) is 12.0. The van der Waals surface area contributed by atoms with Crippen LogP contribution in [-0.4, -0.2) is 62.5 Å². The quantitative estimate of drug-likeness (QED) is 0.352. The largest absolute Gasteiger partial charge is 0.471 e. The van der Waals surface area contributed by atoms with Gasteiger partial charge in [-0.2, -0.15) is 18.4 Å². The lowest BCUT2D eigenvalue weighted by Gasteiger charge is -2.36. The van der Waals surface area contributed by atoms with Crippen molar-refractivity contribution in [1.29, 1.82) is 5.26 Å². The van der Waals surface area contributed by atoms with E-state index >= 15 is 0 Å². The molecule has 200 valence electrons. The summed E-state index contributed by atoms with van der Waals surface area (Å²) in [5, 5.41) is 12.9. The fraction of sp³-hybridized carbons (Fsp3) is 0.269. The Balaban J connectivity index is 1.29. The van der Waals surface area contributed by atoms with E-state index in [1.807, 2.05) is 58.8 Å². The summed E-state index contributed by atoms with van der Waals surface area (Å²) in [5.74, 6) is -1.45. The smallest absolute Gasteiger partial charge is 0.368 e. The molecule has 1 saturated heterocycles. The number of benzene rings is 1. The molecule has 0 bridgehead atoms. The fourth-order valence-corrected chi connectivity index (χ4v) is 4.92. The zero-order valence-corrected chi connectivity index (χ0v) is 22.2. The number of rotatable bonds is 5. The van der Waals surface area contributed by atoms with Crippen molar-refractivity contribution in [3.63, 3.8) is 0 Å². The standard InChI is InChI=1S/C26H22BrF3N8O/c1-16(17-4-6-19(7-5-17)36-9-11-37(12-10-36)24(39)26(28,29)30)34-25-33-14-18(13-31)22(35-25)21-15-32-23-20(27)3-2-8-38(21)23/h2-8,14-16H,9-12H2,1H3,(H,33,34,35)/t16-/m0/s1. The maximum absolute atomic E-state index is 12.7. The van der Waals surface area contributed by atoms with Crippen molar-refractivity contribution in [2.24, 2.45) is 0 Å². The van der Waals surface area contributed by atoms with Crippen molar-refractivity contribution >= 4 is 39.1 Å². The van der Waals surface area contributed by atoms with Gasteiger partial charge in [-0.1, -0.05) is 12.1 Å². The number of hydrogen-bond donors (Lipinski definition) is 1. The van der Waals surface area contributed by atoms with Crippen LogP contribution in [0.2, 0.25) is 0 Å². The Hall–Kier alpha value is -4.18. The third-order valence-electron chi connectivity index (χ3n) is 6.55. The summed E-state index contributed by atoms with van der Waals surface area (Å²) in [7, 11) is 0. The van der Waals surface area contributed by atoms with Crippen LogP contribution in [0.5, 0.6) is 0 Å². The number of carbonyl (C=O) groups is 1. The van der Waals surface area contributed by atoms with Gasteiger partial charge in [0.25, 0.3) is 0 Å². The van der Waals surface area contributed by atoms with E-state index in [1.54, 1.807) is 6.20 Å². The van der Waals surface area contributed by atoms with E-state index in [0.717, 1.165) is 20.6 Å². The van der Waals surface area contributed by atoms with Crippen LogP contribution in [0.1, 0.15) is 24.1 Å². The maximum Gasteiger partial charge on any atom is 0.471 e. The lowest BCUT2D eigenvalue weighted by Crippen LogP contribution is -2.52. The van der Waals surface area contributed by atoms with E-state index in [1.165, 1.54) is 6.20 Å². The number of nitriles is 1. The van der Waals surface area contributed by atoms with Crippen molar-refractivity contribution in [2.75, 3.05) is 36.4 Å². The Kier molecular flexibility index (Phi) is 7.14. The van der Waals surface area contributed by atoms with E-state index in [0.29, 0.717) is 41.6 Å². The number of amides is 1. The van der Waals surface area contributed by atoms with Crippen LogP contribution in [0, 0.1) is 11.3 Å². The Morgan fingerprint density at radius 2 is 1.82 bits per heavy atom. The van der Waals surface area contributed by atoms with Gasteiger partial charge in [-0.3, -0.25) is 9.20 Å². The van der Waals surface area contributed by atoms with E-state index in [4.69, 9.17) is 0 Å². The minimum atomic E-state index is -4.85. The molecule has 5 rings (SSSR count). The summed E-state index contributed by atoms with van der Waals surface area (Å²) >= 11 is 3.48. The highest BCUT2D eigenvalue weighted by molar-refractivity contribution is 9.10. The molecule has 4 heterocycles. The number of aromatic nitrogens is 4. The summed E-state index contributed by atoms with van der Waals surface area (Å²) < 4.78 is 40.8. The number of nitrogens with one attached hydrogen (secondary N) is 1. The molecule has 0 spiro atoms. The second kappa shape index (κ2) is 10.5. The summed E-state index contributed by atoms with van der Waals surface area (Å²) in [5.41, 5.74) is 3.93. The number of alkyl halides is 3. The minimum Gasteiger partial charge on any atom is -0.368 e. The number of halogens is 4. The van der Waals surface area contributed by atoms with E-state index in [2.05, 4.69) is 42.3 Å². The molecule has 1 amide bonds. The molecule has 1 aliphatic heterocycles. The topological polar surface area (TPSA) is 102 Å². The van der Waals surface area contributed by atoms with Crippen molar-refractivity contribution < 1.29 is 18.0 Å². The summed E-state index contributed by atoms with van der Waals surface area (Å²) in [6.07, 6.45) is 0.127. The number of carbonyl (C=O) groups excluding carboxylic acids is 1. The van der Waals surface area contributed by atoms with Crippen LogP contribution in [0.25, 0.3) is 17.0 Å². The van der Waals surface area contributed by atoms with E-state index in [-0.39, 0.29) is 19.1 Å². The normalized spacial score (nSPS) is 14.8. The maximum atomic E-state index is 12.7. The molecular weight excluding hydrogens is 577 g/mol. The number of anilines is 2. The zero-order chi connectivity index (χ0) is 27.7. The van der Waals surface area contributed by atoms with Gasteiger partial charge in [0.2, 0.25) is 5.95 Å². The van der Waals surface area contributed by atoms with Gasteiger partial charge in [0, 0.05) is 38.1 Å². The van der Waals surface area contributed by atoms with Gasteiger partial charge in [0.15, 0.2) is 5.65 Å². The molecule has 39 heavy (non-hydrogen) atoms. The van der Waals surface area contributed by atoms with Gasteiger partial charge in [-0.15, -0.1) is 0 Å². The van der Waals surface area contributed by atoms with Gasteiger partial charge >= 0.3 is 12.1 Å². The minimum absolute atomic E-state index is 0.0137. The summed E-state index contributed by atoms with van der Waals surface area (Å²) in [6, 6.07) is 13.3. The molecule has 0 aliphatic carbocycles. The van der Waals surface area contributed by atoms with Gasteiger partial charge < -0.3 is 15.1 Å². The first-order chi connectivity index (χ1) is 18.7. The Bertz CT molecular complexity index is 1560.